The molecule has 1 aliphatic heterocycles. The third kappa shape index (κ3) is 2.05. The van der Waals surface area contributed by atoms with Crippen molar-refractivity contribution in [2.45, 2.75) is 25.3 Å². The molecule has 2 aromatic rings. The number of H-pyrrole nitrogens is 1. The first-order valence-corrected chi connectivity index (χ1v) is 7.50. The van der Waals surface area contributed by atoms with Gasteiger partial charge in [-0.25, -0.2) is 9.97 Å². The second-order valence-electron chi connectivity index (χ2n) is 6.20. The maximum Gasteiger partial charge on any atom is 0.220 e. The van der Waals surface area contributed by atoms with Crippen LogP contribution >= 0.6 is 0 Å². The number of carbonyl (C=O) groups is 1. The van der Waals surface area contributed by atoms with Crippen molar-refractivity contribution < 1.29 is 4.79 Å². The van der Waals surface area contributed by atoms with Crippen LogP contribution in [0.3, 0.4) is 0 Å². The minimum Gasteiger partial charge on any atom is -0.356 e. The Morgan fingerprint density at radius 3 is 3.05 bits per heavy atom. The van der Waals surface area contributed by atoms with Gasteiger partial charge < -0.3 is 15.2 Å². The molecule has 1 unspecified atom stereocenters. The van der Waals surface area contributed by atoms with Gasteiger partial charge in [0.25, 0.3) is 0 Å². The molecule has 1 saturated heterocycles. The molecule has 4 rings (SSSR count). The number of anilines is 1. The summed E-state index contributed by atoms with van der Waals surface area (Å²) in [5.74, 6) is 2.31. The van der Waals surface area contributed by atoms with E-state index in [4.69, 9.17) is 0 Å². The Balaban J connectivity index is 1.59. The molecule has 2 N–H and O–H groups in total. The van der Waals surface area contributed by atoms with Crippen LogP contribution in [0, 0.1) is 11.8 Å². The maximum atomic E-state index is 11.5. The summed E-state index contributed by atoms with van der Waals surface area (Å²) in [5.41, 5.74) is 0.874. The second kappa shape index (κ2) is 4.72. The van der Waals surface area contributed by atoms with Crippen LogP contribution in [0.4, 0.5) is 5.82 Å². The zero-order valence-electron chi connectivity index (χ0n) is 12.0. The van der Waals surface area contributed by atoms with Crippen molar-refractivity contribution in [1.29, 1.82) is 0 Å². The van der Waals surface area contributed by atoms with Crippen molar-refractivity contribution in [3.8, 4) is 0 Å². The lowest BCUT2D eigenvalue weighted by atomic mass is 9.89. The van der Waals surface area contributed by atoms with Crippen LogP contribution in [0.5, 0.6) is 0 Å². The highest BCUT2D eigenvalue weighted by Gasteiger charge is 2.40. The fraction of sp³-hybridized carbons (Fsp3) is 0.533. The molecule has 2 fully saturated rings. The second-order valence-corrected chi connectivity index (χ2v) is 6.20. The Labute approximate surface area is 123 Å². The summed E-state index contributed by atoms with van der Waals surface area (Å²) in [6.45, 7) is 0.831. The number of rotatable bonds is 2. The minimum absolute atomic E-state index is 0.203. The first kappa shape index (κ1) is 12.6. The number of nitrogens with one attached hydrogen (secondary N) is 2. The van der Waals surface area contributed by atoms with Crippen molar-refractivity contribution in [2.75, 3.05) is 18.5 Å². The number of fused-ring (bicyclic) bond motifs is 2. The Kier molecular flexibility index (Phi) is 2.83. The highest BCUT2D eigenvalue weighted by atomic mass is 16.1. The van der Waals surface area contributed by atoms with Gasteiger partial charge in [0.2, 0.25) is 5.91 Å². The maximum absolute atomic E-state index is 11.5. The lowest BCUT2D eigenvalue weighted by Crippen LogP contribution is -2.38. The summed E-state index contributed by atoms with van der Waals surface area (Å²) in [6, 6.07) is 2.47. The van der Waals surface area contributed by atoms with Crippen LogP contribution in [0.2, 0.25) is 0 Å². The molecule has 0 spiro atoms. The number of amides is 1. The van der Waals surface area contributed by atoms with E-state index in [2.05, 4.69) is 32.2 Å². The van der Waals surface area contributed by atoms with Crippen LogP contribution < -0.4 is 10.2 Å². The summed E-state index contributed by atoms with van der Waals surface area (Å²) in [5, 5.41) is 4.05. The van der Waals surface area contributed by atoms with Crippen molar-refractivity contribution in [2.24, 2.45) is 11.8 Å². The summed E-state index contributed by atoms with van der Waals surface area (Å²) in [6.07, 6.45) is 6.38. The molecule has 2 aliphatic rings. The number of piperidine rings is 1. The molecule has 6 heteroatoms. The molecule has 0 bridgehead atoms. The molecule has 3 atom stereocenters. The number of hydrogen-bond acceptors (Lipinski definition) is 4. The quantitative estimate of drug-likeness (QED) is 0.872. The van der Waals surface area contributed by atoms with Gasteiger partial charge in [-0.15, -0.1) is 0 Å². The lowest BCUT2D eigenvalue weighted by Gasteiger charge is -2.26. The van der Waals surface area contributed by atoms with Crippen molar-refractivity contribution in [1.82, 2.24) is 20.3 Å². The summed E-state index contributed by atoms with van der Waals surface area (Å²) < 4.78 is 0. The first-order valence-electron chi connectivity index (χ1n) is 7.50. The van der Waals surface area contributed by atoms with Crippen molar-refractivity contribution in [3.05, 3.63) is 18.6 Å². The van der Waals surface area contributed by atoms with Gasteiger partial charge in [0, 0.05) is 32.3 Å². The average Bonchev–Trinajstić information content (AvgIpc) is 3.11. The lowest BCUT2D eigenvalue weighted by molar-refractivity contribution is -0.124. The van der Waals surface area contributed by atoms with Crippen LogP contribution in [-0.4, -0.2) is 40.5 Å². The summed E-state index contributed by atoms with van der Waals surface area (Å²) in [7, 11) is 2.10. The molecule has 1 amide bonds. The third-order valence-corrected chi connectivity index (χ3v) is 5.04. The Morgan fingerprint density at radius 2 is 2.14 bits per heavy atom. The van der Waals surface area contributed by atoms with Crippen LogP contribution in [0.1, 0.15) is 19.3 Å². The van der Waals surface area contributed by atoms with E-state index in [0.717, 1.165) is 36.2 Å². The topological polar surface area (TPSA) is 73.9 Å². The fourth-order valence-corrected chi connectivity index (χ4v) is 3.86. The van der Waals surface area contributed by atoms with Gasteiger partial charge in [-0.3, -0.25) is 4.79 Å². The highest BCUT2D eigenvalue weighted by Crippen LogP contribution is 2.39. The van der Waals surface area contributed by atoms with E-state index in [9.17, 15) is 4.79 Å². The molecule has 21 heavy (non-hydrogen) atoms. The van der Waals surface area contributed by atoms with E-state index in [1.807, 2.05) is 12.3 Å². The number of carbonyl (C=O) groups excluding carboxylic acids is 1. The van der Waals surface area contributed by atoms with E-state index in [1.165, 1.54) is 0 Å². The Bertz CT molecular complexity index is 682. The monoisotopic (exact) mass is 285 g/mol. The third-order valence-electron chi connectivity index (χ3n) is 5.04. The van der Waals surface area contributed by atoms with Crippen LogP contribution in [-0.2, 0) is 4.79 Å². The zero-order valence-corrected chi connectivity index (χ0v) is 12.0. The predicted octanol–water partition coefficient (Wildman–Crippen LogP) is 1.31. The van der Waals surface area contributed by atoms with E-state index in [1.54, 1.807) is 6.33 Å². The number of nitrogens with zero attached hydrogens (tertiary/aromatic N) is 3. The molecule has 1 saturated carbocycles. The van der Waals surface area contributed by atoms with Gasteiger partial charge in [-0.05, 0) is 30.7 Å². The van der Waals surface area contributed by atoms with Gasteiger partial charge >= 0.3 is 0 Å². The zero-order chi connectivity index (χ0) is 14.4. The molecule has 2 aromatic heterocycles. The van der Waals surface area contributed by atoms with Crippen molar-refractivity contribution in [3.63, 3.8) is 0 Å². The molecule has 110 valence electrons. The highest BCUT2D eigenvalue weighted by molar-refractivity contribution is 5.87. The van der Waals surface area contributed by atoms with Gasteiger partial charge in [0.15, 0.2) is 0 Å². The Morgan fingerprint density at radius 1 is 1.29 bits per heavy atom. The van der Waals surface area contributed by atoms with Gasteiger partial charge in [-0.2, -0.15) is 0 Å². The van der Waals surface area contributed by atoms with Crippen LogP contribution in [0.25, 0.3) is 11.0 Å². The number of aromatic nitrogens is 3. The molecule has 3 heterocycles. The molecule has 0 radical (unpaired) electrons. The van der Waals surface area contributed by atoms with Gasteiger partial charge in [0.05, 0.1) is 5.39 Å². The van der Waals surface area contributed by atoms with E-state index >= 15 is 0 Å². The minimum atomic E-state index is 0.203. The molecular weight excluding hydrogens is 266 g/mol. The molecule has 1 aliphatic carbocycles. The largest absolute Gasteiger partial charge is 0.356 e. The SMILES string of the molecule is CN(c1ncnc2[nH]ccc12)[C@@H]1CC2CNC(=O)C[C@H]2C1. The molecule has 0 aromatic carbocycles. The smallest absolute Gasteiger partial charge is 0.220 e. The summed E-state index contributed by atoms with van der Waals surface area (Å²) >= 11 is 0. The summed E-state index contributed by atoms with van der Waals surface area (Å²) in [4.78, 5) is 25.6. The standard InChI is InChI=1S/C15H19N5O/c1-20(15-12-2-3-16-14(12)18-8-19-15)11-4-9-6-13(21)17-7-10(9)5-11/h2-3,8-11H,4-7H2,1H3,(H,17,21)(H,16,18,19)/t9-,10?,11+/m1/s1. The van der Waals surface area contributed by atoms with Gasteiger partial charge in [0.1, 0.15) is 17.8 Å². The van der Waals surface area contributed by atoms with E-state index in [-0.39, 0.29) is 5.91 Å². The molecule has 6 nitrogen and oxygen atoms in total. The van der Waals surface area contributed by atoms with Crippen LogP contribution in [0.15, 0.2) is 18.6 Å². The van der Waals surface area contributed by atoms with Gasteiger partial charge in [-0.1, -0.05) is 0 Å². The molecular formula is C15H19N5O. The number of hydrogen-bond donors (Lipinski definition) is 2. The van der Waals surface area contributed by atoms with E-state index < -0.39 is 0 Å². The Hall–Kier alpha value is -2.11. The predicted molar refractivity (Wildman–Crippen MR) is 79.9 cm³/mol. The average molecular weight is 285 g/mol. The first-order chi connectivity index (χ1) is 10.2. The van der Waals surface area contributed by atoms with Crippen molar-refractivity contribution >= 4 is 22.8 Å². The normalized spacial score (nSPS) is 28.4. The van der Waals surface area contributed by atoms with E-state index in [0.29, 0.717) is 24.3 Å². The fourth-order valence-electron chi connectivity index (χ4n) is 3.86. The number of aromatic amines is 1.